The van der Waals surface area contributed by atoms with E-state index in [4.69, 9.17) is 0 Å². The number of fused-ring (bicyclic) bond motifs is 9. The second-order valence-corrected chi connectivity index (χ2v) is 18.8. The van der Waals surface area contributed by atoms with Crippen LogP contribution in [0.15, 0.2) is 284 Å². The van der Waals surface area contributed by atoms with Crippen LogP contribution in [-0.2, 0) is 11.8 Å². The molecule has 12 rings (SSSR count). The van der Waals surface area contributed by atoms with E-state index in [1.165, 1.54) is 99.7 Å². The molecule has 0 amide bonds. The van der Waals surface area contributed by atoms with Crippen LogP contribution in [-0.4, -0.2) is 0 Å². The average molecular weight is 923 g/mol. The number of hydrogen-bond acceptors (Lipinski definition) is 2. The molecule has 0 bridgehead atoms. The largest absolute Gasteiger partial charge is 0.362 e. The van der Waals surface area contributed by atoms with Crippen LogP contribution in [0.2, 0.25) is 0 Å². The Bertz CT molecular complexity index is 3680. The summed E-state index contributed by atoms with van der Waals surface area (Å²) in [5.74, 6) is 0. The number of nitrogens with one attached hydrogen (secondary N) is 1. The molecule has 10 aromatic carbocycles. The highest BCUT2D eigenvalue weighted by molar-refractivity contribution is 5.97. The molecule has 2 nitrogen and oxygen atoms in total. The molecule has 1 heterocycles. The highest BCUT2D eigenvalue weighted by atomic mass is 15.2. The third-order valence-electron chi connectivity index (χ3n) is 14.7. The van der Waals surface area contributed by atoms with Crippen LogP contribution in [0.3, 0.4) is 0 Å². The van der Waals surface area contributed by atoms with E-state index in [1.807, 2.05) is 24.4 Å². The molecular weight excluding hydrogens is 869 g/mol. The van der Waals surface area contributed by atoms with Gasteiger partial charge in [0.2, 0.25) is 0 Å². The SMILES string of the molecule is C/C=C1\C(=C/C)N(c2ccc(C\C=C/C(=C\C=C\Nc3ccccc3)c3ccccc3)cc2)c2ccccc2C12c1cc(-c3ccc4ccccc4c3)ccc1-c1ccc(-c3ccc4ccccc4c3)cc12. The summed E-state index contributed by atoms with van der Waals surface area (Å²) < 4.78 is 0. The Balaban J connectivity index is 0.947. The molecule has 0 radical (unpaired) electrons. The van der Waals surface area contributed by atoms with E-state index in [0.29, 0.717) is 0 Å². The first kappa shape index (κ1) is 44.2. The van der Waals surface area contributed by atoms with E-state index >= 15 is 0 Å². The van der Waals surface area contributed by atoms with Crippen molar-refractivity contribution in [3.05, 3.63) is 312 Å². The molecule has 2 aliphatic rings. The molecular formula is C70H54N2. The fraction of sp³-hybridized carbons (Fsp3) is 0.0571. The minimum Gasteiger partial charge on any atom is -0.362 e. The summed E-state index contributed by atoms with van der Waals surface area (Å²) in [5.41, 5.74) is 20.1. The molecule has 10 aromatic rings. The van der Waals surface area contributed by atoms with Gasteiger partial charge < -0.3 is 10.2 Å². The highest BCUT2D eigenvalue weighted by Gasteiger charge is 2.53. The number of hydrogen-bond donors (Lipinski definition) is 1. The van der Waals surface area contributed by atoms with Crippen molar-refractivity contribution in [2.75, 3.05) is 10.2 Å². The van der Waals surface area contributed by atoms with Gasteiger partial charge in [-0.05, 0) is 175 Å². The van der Waals surface area contributed by atoms with Crippen LogP contribution in [0, 0.1) is 0 Å². The van der Waals surface area contributed by atoms with E-state index in [0.717, 1.165) is 23.4 Å². The summed E-state index contributed by atoms with van der Waals surface area (Å²) in [7, 11) is 0. The third kappa shape index (κ3) is 7.88. The van der Waals surface area contributed by atoms with Gasteiger partial charge >= 0.3 is 0 Å². The standard InChI is InChI=1S/C70H54N2/c1-3-64-68(4-2)72(61-40-32-49(33-41-61)19-17-26-51(50-20-7-5-8-21-50)27-18-44-71-60-28-9-6-10-29-60)69-31-16-15-30-65(69)70(64)66-47-58(56-36-34-52-22-11-13-24-54(52)45-56)38-42-62(66)63-43-39-59(48-67(63)70)57-37-35-53-23-12-14-25-55(53)46-57/h3-18,20-48,71H,19H2,1-2H3/b26-17-,44-18+,51-27+,64-3+,68-4+. The Kier molecular flexibility index (Phi) is 11.7. The van der Waals surface area contributed by atoms with Crippen LogP contribution in [0.1, 0.15) is 41.7 Å². The molecule has 0 fully saturated rings. The fourth-order valence-corrected chi connectivity index (χ4v) is 11.3. The lowest BCUT2D eigenvalue weighted by Gasteiger charge is -2.47. The number of nitrogens with zero attached hydrogens (tertiary/aromatic N) is 1. The van der Waals surface area contributed by atoms with Crippen LogP contribution < -0.4 is 10.2 Å². The number of rotatable bonds is 10. The molecule has 1 aliphatic heterocycles. The van der Waals surface area contributed by atoms with Gasteiger partial charge in [-0.15, -0.1) is 0 Å². The predicted molar refractivity (Wildman–Crippen MR) is 307 cm³/mol. The van der Waals surface area contributed by atoms with Crippen molar-refractivity contribution in [3.63, 3.8) is 0 Å². The monoisotopic (exact) mass is 922 g/mol. The van der Waals surface area contributed by atoms with Crippen molar-refractivity contribution in [2.24, 2.45) is 0 Å². The Morgan fingerprint density at radius 3 is 1.64 bits per heavy atom. The summed E-state index contributed by atoms with van der Waals surface area (Å²) >= 11 is 0. The van der Waals surface area contributed by atoms with Crippen LogP contribution in [0.25, 0.3) is 60.5 Å². The van der Waals surface area contributed by atoms with Gasteiger partial charge in [0.1, 0.15) is 0 Å². The third-order valence-corrected chi connectivity index (χ3v) is 14.7. The summed E-state index contributed by atoms with van der Waals surface area (Å²) in [6, 6.07) is 84.6. The molecule has 2 heteroatoms. The molecule has 1 aliphatic carbocycles. The molecule has 0 unspecified atom stereocenters. The van der Waals surface area contributed by atoms with Crippen LogP contribution in [0.4, 0.5) is 17.1 Å². The van der Waals surface area contributed by atoms with Gasteiger partial charge in [-0.2, -0.15) is 0 Å². The Morgan fingerprint density at radius 1 is 0.486 bits per heavy atom. The average Bonchev–Trinajstić information content (AvgIpc) is 3.72. The number of para-hydroxylation sites is 2. The maximum atomic E-state index is 3.37. The van der Waals surface area contributed by atoms with Gasteiger partial charge in [0.25, 0.3) is 0 Å². The van der Waals surface area contributed by atoms with Crippen LogP contribution in [0.5, 0.6) is 0 Å². The maximum Gasteiger partial charge on any atom is 0.0751 e. The molecule has 1 spiro atoms. The summed E-state index contributed by atoms with van der Waals surface area (Å²) in [5, 5.41) is 8.36. The molecule has 0 atom stereocenters. The van der Waals surface area contributed by atoms with Gasteiger partial charge in [0.05, 0.1) is 11.1 Å². The first-order valence-electron chi connectivity index (χ1n) is 25.1. The number of benzene rings is 10. The molecule has 0 saturated carbocycles. The lowest BCUT2D eigenvalue weighted by atomic mass is 9.63. The number of anilines is 3. The first-order valence-corrected chi connectivity index (χ1v) is 25.1. The highest BCUT2D eigenvalue weighted by Crippen LogP contribution is 2.64. The summed E-state index contributed by atoms with van der Waals surface area (Å²) in [4.78, 5) is 2.49. The fourth-order valence-electron chi connectivity index (χ4n) is 11.3. The van der Waals surface area contributed by atoms with Gasteiger partial charge in [0.15, 0.2) is 0 Å². The van der Waals surface area contributed by atoms with Crippen molar-refractivity contribution in [2.45, 2.75) is 25.7 Å². The second-order valence-electron chi connectivity index (χ2n) is 18.8. The van der Waals surface area contributed by atoms with Crippen molar-refractivity contribution in [1.82, 2.24) is 0 Å². The molecule has 1 N–H and O–H groups in total. The smallest absolute Gasteiger partial charge is 0.0751 e. The zero-order valence-electron chi connectivity index (χ0n) is 40.6. The van der Waals surface area contributed by atoms with Crippen molar-refractivity contribution < 1.29 is 0 Å². The number of allylic oxidation sites excluding steroid dienone is 8. The topological polar surface area (TPSA) is 15.3 Å². The lowest BCUT2D eigenvalue weighted by molar-refractivity contribution is 0.724. The molecule has 0 aromatic heterocycles. The lowest BCUT2D eigenvalue weighted by Crippen LogP contribution is -2.40. The zero-order valence-corrected chi connectivity index (χ0v) is 40.6. The van der Waals surface area contributed by atoms with Gasteiger partial charge in [-0.25, -0.2) is 0 Å². The Labute approximate surface area is 423 Å². The van der Waals surface area contributed by atoms with Gasteiger partial charge in [-0.3, -0.25) is 0 Å². The van der Waals surface area contributed by atoms with Crippen LogP contribution >= 0.6 is 0 Å². The minimum absolute atomic E-state index is 0.602. The first-order chi connectivity index (χ1) is 35.6. The molecule has 344 valence electrons. The van der Waals surface area contributed by atoms with Gasteiger partial charge in [-0.1, -0.05) is 206 Å². The quantitative estimate of drug-likeness (QED) is 0.138. The van der Waals surface area contributed by atoms with Crippen molar-refractivity contribution >= 4 is 44.2 Å². The Morgan fingerprint density at radius 2 is 1.03 bits per heavy atom. The predicted octanol–water partition coefficient (Wildman–Crippen LogP) is 18.5. The van der Waals surface area contributed by atoms with E-state index in [-0.39, 0.29) is 0 Å². The molecule has 72 heavy (non-hydrogen) atoms. The normalized spacial score (nSPS) is 15.0. The zero-order chi connectivity index (χ0) is 48.4. The summed E-state index contributed by atoms with van der Waals surface area (Å²) in [6.45, 7) is 4.43. The Hall–Kier alpha value is -8.98. The van der Waals surface area contributed by atoms with Crippen molar-refractivity contribution in [3.8, 4) is 33.4 Å². The van der Waals surface area contributed by atoms with E-state index in [9.17, 15) is 0 Å². The maximum absolute atomic E-state index is 3.37. The second kappa shape index (κ2) is 19.1. The van der Waals surface area contributed by atoms with E-state index in [2.05, 4.69) is 273 Å². The van der Waals surface area contributed by atoms with Crippen molar-refractivity contribution in [1.29, 1.82) is 0 Å². The minimum atomic E-state index is -0.602. The van der Waals surface area contributed by atoms with Gasteiger partial charge in [0, 0.05) is 23.3 Å². The van der Waals surface area contributed by atoms with E-state index < -0.39 is 5.41 Å². The summed E-state index contributed by atoms with van der Waals surface area (Å²) in [6.07, 6.45) is 16.2. The van der Waals surface area contributed by atoms with E-state index in [1.54, 1.807) is 0 Å². The molecule has 0 saturated heterocycles.